The van der Waals surface area contributed by atoms with Gasteiger partial charge in [-0.2, -0.15) is 5.10 Å². The van der Waals surface area contributed by atoms with Gasteiger partial charge >= 0.3 is 0 Å². The number of benzene rings is 1. The van der Waals surface area contributed by atoms with E-state index in [0.29, 0.717) is 25.3 Å². The minimum atomic E-state index is -0.109. The molecule has 1 fully saturated rings. The maximum atomic E-state index is 13.0. The van der Waals surface area contributed by atoms with E-state index in [4.69, 9.17) is 9.47 Å². The second kappa shape index (κ2) is 6.65. The van der Waals surface area contributed by atoms with Gasteiger partial charge in [-0.3, -0.25) is 9.48 Å². The molecule has 1 aromatic carbocycles. The van der Waals surface area contributed by atoms with Crippen molar-refractivity contribution in [2.24, 2.45) is 7.05 Å². The van der Waals surface area contributed by atoms with E-state index in [2.05, 4.69) is 5.10 Å². The molecule has 24 heavy (non-hydrogen) atoms. The van der Waals surface area contributed by atoms with Crippen LogP contribution in [0, 0.1) is 13.8 Å². The minimum absolute atomic E-state index is 0.00797. The molecule has 1 saturated heterocycles. The number of morpholine rings is 1. The van der Waals surface area contributed by atoms with Crippen LogP contribution in [0.25, 0.3) is 0 Å². The van der Waals surface area contributed by atoms with Gasteiger partial charge < -0.3 is 14.4 Å². The third kappa shape index (κ3) is 2.89. The SMILES string of the molecule is COc1ccc(C(=O)N2CCOC[C@H]2c2c(C)nn(C)c2C)cc1. The average Bonchev–Trinajstić information content (AvgIpc) is 2.86. The molecule has 2 aromatic rings. The first kappa shape index (κ1) is 16.5. The van der Waals surface area contributed by atoms with Crippen molar-refractivity contribution in [1.29, 1.82) is 0 Å². The summed E-state index contributed by atoms with van der Waals surface area (Å²) < 4.78 is 12.7. The van der Waals surface area contributed by atoms with Gasteiger partial charge in [0.1, 0.15) is 5.75 Å². The van der Waals surface area contributed by atoms with E-state index in [9.17, 15) is 4.79 Å². The van der Waals surface area contributed by atoms with Gasteiger partial charge in [0.25, 0.3) is 5.91 Å². The van der Waals surface area contributed by atoms with Crippen LogP contribution in [-0.4, -0.2) is 47.5 Å². The number of rotatable bonds is 3. The summed E-state index contributed by atoms with van der Waals surface area (Å²) in [6.07, 6.45) is 0. The Morgan fingerprint density at radius 3 is 2.58 bits per heavy atom. The molecule has 0 saturated carbocycles. The van der Waals surface area contributed by atoms with Crippen LogP contribution in [0.1, 0.15) is 33.4 Å². The quantitative estimate of drug-likeness (QED) is 0.867. The zero-order valence-corrected chi connectivity index (χ0v) is 14.6. The summed E-state index contributed by atoms with van der Waals surface area (Å²) in [5.74, 6) is 0.748. The van der Waals surface area contributed by atoms with Crippen molar-refractivity contribution in [3.8, 4) is 5.75 Å². The summed E-state index contributed by atoms with van der Waals surface area (Å²) in [6.45, 7) is 5.63. The Labute approximate surface area is 142 Å². The minimum Gasteiger partial charge on any atom is -0.497 e. The maximum Gasteiger partial charge on any atom is 0.254 e. The Kier molecular flexibility index (Phi) is 4.57. The molecule has 0 radical (unpaired) electrons. The zero-order chi connectivity index (χ0) is 17.3. The number of carbonyl (C=O) groups excluding carboxylic acids is 1. The smallest absolute Gasteiger partial charge is 0.254 e. The lowest BCUT2D eigenvalue weighted by molar-refractivity contribution is -0.00305. The van der Waals surface area contributed by atoms with Crippen LogP contribution in [0.4, 0.5) is 0 Å². The Balaban J connectivity index is 1.92. The molecule has 0 unspecified atom stereocenters. The van der Waals surface area contributed by atoms with E-state index in [-0.39, 0.29) is 11.9 Å². The van der Waals surface area contributed by atoms with Crippen molar-refractivity contribution in [3.63, 3.8) is 0 Å². The zero-order valence-electron chi connectivity index (χ0n) is 14.6. The van der Waals surface area contributed by atoms with Gasteiger partial charge in [-0.05, 0) is 38.1 Å². The van der Waals surface area contributed by atoms with Crippen molar-refractivity contribution in [3.05, 3.63) is 46.8 Å². The molecule has 0 spiro atoms. The molecule has 128 valence electrons. The van der Waals surface area contributed by atoms with Crippen LogP contribution in [0.15, 0.2) is 24.3 Å². The fourth-order valence-electron chi connectivity index (χ4n) is 3.26. The standard InChI is InChI=1S/C18H23N3O3/c1-12-17(13(2)20(3)19-12)16-11-24-10-9-21(16)18(22)14-5-7-15(23-4)8-6-14/h5-8,16H,9-11H2,1-4H3/t16-/m0/s1. The van der Waals surface area contributed by atoms with Gasteiger partial charge in [0.05, 0.1) is 32.1 Å². The van der Waals surface area contributed by atoms with Gasteiger partial charge in [0.2, 0.25) is 0 Å². The molecule has 6 nitrogen and oxygen atoms in total. The Morgan fingerprint density at radius 2 is 2.00 bits per heavy atom. The summed E-state index contributed by atoms with van der Waals surface area (Å²) in [6, 6.07) is 7.11. The molecule has 1 atom stereocenters. The molecule has 1 aromatic heterocycles. The predicted octanol–water partition coefficient (Wildman–Crippen LogP) is 2.26. The Bertz CT molecular complexity index is 737. The van der Waals surface area contributed by atoms with Crippen molar-refractivity contribution in [2.45, 2.75) is 19.9 Å². The largest absolute Gasteiger partial charge is 0.497 e. The molecule has 1 amide bonds. The highest BCUT2D eigenvalue weighted by Crippen LogP contribution is 2.30. The van der Waals surface area contributed by atoms with Crippen molar-refractivity contribution >= 4 is 5.91 Å². The maximum absolute atomic E-state index is 13.0. The van der Waals surface area contributed by atoms with Gasteiger partial charge in [0.15, 0.2) is 0 Å². The van der Waals surface area contributed by atoms with Gasteiger partial charge in [-0.1, -0.05) is 0 Å². The van der Waals surface area contributed by atoms with Crippen molar-refractivity contribution in [2.75, 3.05) is 26.9 Å². The summed E-state index contributed by atoms with van der Waals surface area (Å²) in [5, 5.41) is 4.48. The van der Waals surface area contributed by atoms with Crippen molar-refractivity contribution < 1.29 is 14.3 Å². The van der Waals surface area contributed by atoms with Gasteiger partial charge in [-0.25, -0.2) is 0 Å². The molecule has 0 aliphatic carbocycles. The first-order chi connectivity index (χ1) is 11.5. The number of hydrogen-bond acceptors (Lipinski definition) is 4. The molecule has 0 bridgehead atoms. The van der Waals surface area contributed by atoms with Crippen LogP contribution in [-0.2, 0) is 11.8 Å². The van der Waals surface area contributed by atoms with Crippen molar-refractivity contribution in [1.82, 2.24) is 14.7 Å². The van der Waals surface area contributed by atoms with E-state index >= 15 is 0 Å². The number of nitrogens with zero attached hydrogens (tertiary/aromatic N) is 3. The molecule has 6 heteroatoms. The number of aryl methyl sites for hydroxylation is 2. The van der Waals surface area contributed by atoms with E-state index in [1.54, 1.807) is 19.2 Å². The fourth-order valence-corrected chi connectivity index (χ4v) is 3.26. The van der Waals surface area contributed by atoms with Crippen LogP contribution in [0.2, 0.25) is 0 Å². The van der Waals surface area contributed by atoms with E-state index in [1.807, 2.05) is 42.6 Å². The normalized spacial score (nSPS) is 17.8. The third-order valence-electron chi connectivity index (χ3n) is 4.62. The molecule has 1 aliphatic rings. The van der Waals surface area contributed by atoms with Crippen LogP contribution >= 0.6 is 0 Å². The first-order valence-electron chi connectivity index (χ1n) is 8.05. The summed E-state index contributed by atoms with van der Waals surface area (Å²) in [4.78, 5) is 14.9. The number of amides is 1. The molecular formula is C18H23N3O3. The number of aromatic nitrogens is 2. The number of carbonyl (C=O) groups is 1. The second-order valence-corrected chi connectivity index (χ2v) is 6.03. The third-order valence-corrected chi connectivity index (χ3v) is 4.62. The molecule has 0 N–H and O–H groups in total. The lowest BCUT2D eigenvalue weighted by atomic mass is 10.0. The highest BCUT2D eigenvalue weighted by molar-refractivity contribution is 5.94. The van der Waals surface area contributed by atoms with Gasteiger partial charge in [0, 0.05) is 30.4 Å². The number of hydrogen-bond donors (Lipinski definition) is 0. The first-order valence-corrected chi connectivity index (χ1v) is 8.05. The van der Waals surface area contributed by atoms with Crippen LogP contribution in [0.5, 0.6) is 5.75 Å². The van der Waals surface area contributed by atoms with E-state index < -0.39 is 0 Å². The van der Waals surface area contributed by atoms with Gasteiger partial charge in [-0.15, -0.1) is 0 Å². The number of ether oxygens (including phenoxy) is 2. The summed E-state index contributed by atoms with van der Waals surface area (Å²) >= 11 is 0. The summed E-state index contributed by atoms with van der Waals surface area (Å²) in [7, 11) is 3.54. The van der Waals surface area contributed by atoms with E-state index in [1.165, 1.54) is 0 Å². The second-order valence-electron chi connectivity index (χ2n) is 6.03. The highest BCUT2D eigenvalue weighted by atomic mass is 16.5. The lowest BCUT2D eigenvalue weighted by Crippen LogP contribution is -2.43. The lowest BCUT2D eigenvalue weighted by Gasteiger charge is -2.36. The van der Waals surface area contributed by atoms with Crippen LogP contribution in [0.3, 0.4) is 0 Å². The predicted molar refractivity (Wildman–Crippen MR) is 90.3 cm³/mol. The fraction of sp³-hybridized carbons (Fsp3) is 0.444. The molecule has 1 aliphatic heterocycles. The molecule has 3 rings (SSSR count). The summed E-state index contributed by atoms with van der Waals surface area (Å²) in [5.41, 5.74) is 3.74. The molecular weight excluding hydrogens is 306 g/mol. The molecule has 2 heterocycles. The Morgan fingerprint density at radius 1 is 1.29 bits per heavy atom. The average molecular weight is 329 g/mol. The monoisotopic (exact) mass is 329 g/mol. The highest BCUT2D eigenvalue weighted by Gasteiger charge is 2.32. The van der Waals surface area contributed by atoms with E-state index in [0.717, 1.165) is 22.7 Å². The Hall–Kier alpha value is -2.34. The van der Waals surface area contributed by atoms with Crippen LogP contribution < -0.4 is 4.74 Å². The topological polar surface area (TPSA) is 56.6 Å². The number of methoxy groups -OCH3 is 1.